The maximum atomic E-state index is 12.9. The summed E-state index contributed by atoms with van der Waals surface area (Å²) in [6.07, 6.45) is 0.143. The maximum absolute atomic E-state index is 12.9. The third kappa shape index (κ3) is 5.61. The number of nitrogens with one attached hydrogen (secondary N) is 2. The number of carbonyl (C=O) groups excluding carboxylic acids is 1. The number of hydrogen-bond acceptors (Lipinski definition) is 4. The average Bonchev–Trinajstić information content (AvgIpc) is 2.71. The molecule has 0 aliphatic heterocycles. The fourth-order valence-electron chi connectivity index (χ4n) is 2.87. The van der Waals surface area contributed by atoms with E-state index in [1.165, 1.54) is 6.07 Å². The minimum Gasteiger partial charge on any atom is -0.497 e. The first-order chi connectivity index (χ1) is 14.3. The van der Waals surface area contributed by atoms with Gasteiger partial charge >= 0.3 is 0 Å². The van der Waals surface area contributed by atoms with Gasteiger partial charge in [-0.2, -0.15) is 0 Å². The van der Waals surface area contributed by atoms with E-state index in [9.17, 15) is 13.2 Å². The van der Waals surface area contributed by atoms with Crippen LogP contribution in [0.4, 0.5) is 11.4 Å². The molecule has 0 bridgehead atoms. The van der Waals surface area contributed by atoms with Crippen molar-refractivity contribution in [3.05, 3.63) is 82.3 Å². The van der Waals surface area contributed by atoms with Crippen molar-refractivity contribution in [1.29, 1.82) is 0 Å². The highest BCUT2D eigenvalue weighted by Gasteiger charge is 2.18. The lowest BCUT2D eigenvalue weighted by Crippen LogP contribution is -2.17. The standard InChI is InChI=1S/C22H21BrN2O4S/c1-15-6-9-19(24-22(26)13-16-4-3-5-20(12-16)29-2)14-21(15)30(27,28)25-18-10-7-17(23)8-11-18/h3-12,14,25H,13H2,1-2H3,(H,24,26). The van der Waals surface area contributed by atoms with E-state index in [2.05, 4.69) is 26.0 Å². The number of anilines is 2. The van der Waals surface area contributed by atoms with Gasteiger partial charge in [-0.15, -0.1) is 0 Å². The lowest BCUT2D eigenvalue weighted by atomic mass is 10.1. The lowest BCUT2D eigenvalue weighted by Gasteiger charge is -2.13. The van der Waals surface area contributed by atoms with E-state index in [4.69, 9.17) is 4.74 Å². The summed E-state index contributed by atoms with van der Waals surface area (Å²) < 4.78 is 34.3. The third-order valence-corrected chi connectivity index (χ3v) is 6.41. The molecule has 0 atom stereocenters. The van der Waals surface area contributed by atoms with Crippen molar-refractivity contribution < 1.29 is 17.9 Å². The second-order valence-electron chi connectivity index (χ2n) is 6.67. The van der Waals surface area contributed by atoms with Crippen LogP contribution in [-0.4, -0.2) is 21.4 Å². The summed E-state index contributed by atoms with van der Waals surface area (Å²) in [7, 11) is -2.25. The van der Waals surface area contributed by atoms with Gasteiger partial charge in [0, 0.05) is 15.8 Å². The van der Waals surface area contributed by atoms with Gasteiger partial charge in [-0.25, -0.2) is 8.42 Å². The third-order valence-electron chi connectivity index (χ3n) is 4.36. The molecule has 0 saturated carbocycles. The minimum atomic E-state index is -3.82. The van der Waals surface area contributed by atoms with Crippen molar-refractivity contribution in [2.45, 2.75) is 18.2 Å². The normalized spacial score (nSPS) is 11.0. The van der Waals surface area contributed by atoms with Gasteiger partial charge in [0.25, 0.3) is 10.0 Å². The lowest BCUT2D eigenvalue weighted by molar-refractivity contribution is -0.115. The number of benzene rings is 3. The molecule has 156 valence electrons. The van der Waals surface area contributed by atoms with Crippen molar-refractivity contribution in [1.82, 2.24) is 0 Å². The van der Waals surface area contributed by atoms with Gasteiger partial charge in [-0.05, 0) is 66.6 Å². The second-order valence-corrected chi connectivity index (χ2v) is 9.24. The van der Waals surface area contributed by atoms with Crippen molar-refractivity contribution >= 4 is 43.2 Å². The number of methoxy groups -OCH3 is 1. The van der Waals surface area contributed by atoms with Gasteiger partial charge in [-0.3, -0.25) is 9.52 Å². The number of hydrogen-bond donors (Lipinski definition) is 2. The van der Waals surface area contributed by atoms with Crippen LogP contribution < -0.4 is 14.8 Å². The summed E-state index contributed by atoms with van der Waals surface area (Å²) in [6, 6.07) is 18.9. The molecule has 0 spiro atoms. The molecule has 3 aromatic rings. The largest absolute Gasteiger partial charge is 0.497 e. The van der Waals surface area contributed by atoms with Crippen LogP contribution in [0.25, 0.3) is 0 Å². The molecule has 0 aromatic heterocycles. The number of rotatable bonds is 7. The quantitative estimate of drug-likeness (QED) is 0.502. The first-order valence-electron chi connectivity index (χ1n) is 9.08. The zero-order valence-corrected chi connectivity index (χ0v) is 18.9. The highest BCUT2D eigenvalue weighted by Crippen LogP contribution is 2.24. The Hall–Kier alpha value is -2.84. The first kappa shape index (κ1) is 21.9. The molecule has 0 fully saturated rings. The summed E-state index contributed by atoms with van der Waals surface area (Å²) in [6.45, 7) is 1.71. The molecule has 0 aliphatic rings. The number of carbonyl (C=O) groups is 1. The molecule has 30 heavy (non-hydrogen) atoms. The number of halogens is 1. The van der Waals surface area contributed by atoms with E-state index in [1.807, 2.05) is 12.1 Å². The number of sulfonamides is 1. The van der Waals surface area contributed by atoms with E-state index in [0.717, 1.165) is 10.0 Å². The summed E-state index contributed by atoms with van der Waals surface area (Å²) >= 11 is 3.32. The molecule has 2 N–H and O–H groups in total. The molecule has 0 aliphatic carbocycles. The molecule has 3 rings (SSSR count). The highest BCUT2D eigenvalue weighted by molar-refractivity contribution is 9.10. The van der Waals surface area contributed by atoms with Gasteiger partial charge in [0.1, 0.15) is 5.75 Å². The van der Waals surface area contributed by atoms with Crippen LogP contribution in [0.2, 0.25) is 0 Å². The van der Waals surface area contributed by atoms with Gasteiger partial charge in [0.15, 0.2) is 0 Å². The Morgan fingerprint density at radius 3 is 2.40 bits per heavy atom. The van der Waals surface area contributed by atoms with E-state index in [-0.39, 0.29) is 17.2 Å². The monoisotopic (exact) mass is 488 g/mol. The average molecular weight is 489 g/mol. The van der Waals surface area contributed by atoms with Crippen molar-refractivity contribution in [2.24, 2.45) is 0 Å². The summed E-state index contributed by atoms with van der Waals surface area (Å²) in [5, 5.41) is 2.76. The molecule has 0 radical (unpaired) electrons. The SMILES string of the molecule is COc1cccc(CC(=O)Nc2ccc(C)c(S(=O)(=O)Nc3ccc(Br)cc3)c2)c1. The van der Waals surface area contributed by atoms with Crippen LogP contribution in [0, 0.1) is 6.92 Å². The molecular weight excluding hydrogens is 468 g/mol. The van der Waals surface area contributed by atoms with Crippen LogP contribution in [0.3, 0.4) is 0 Å². The Balaban J connectivity index is 1.76. The number of aryl methyl sites for hydroxylation is 1. The van der Waals surface area contributed by atoms with Gasteiger partial charge in [0.2, 0.25) is 5.91 Å². The zero-order chi connectivity index (χ0) is 21.7. The van der Waals surface area contributed by atoms with Crippen LogP contribution in [0.5, 0.6) is 5.75 Å². The molecule has 8 heteroatoms. The minimum absolute atomic E-state index is 0.101. The van der Waals surface area contributed by atoms with Crippen LogP contribution >= 0.6 is 15.9 Å². The fourth-order valence-corrected chi connectivity index (χ4v) is 4.46. The maximum Gasteiger partial charge on any atom is 0.262 e. The molecule has 6 nitrogen and oxygen atoms in total. The van der Waals surface area contributed by atoms with Crippen LogP contribution in [0.15, 0.2) is 76.1 Å². The van der Waals surface area contributed by atoms with Crippen molar-refractivity contribution in [3.8, 4) is 5.75 Å². The molecule has 3 aromatic carbocycles. The number of ether oxygens (including phenoxy) is 1. The van der Waals surface area contributed by atoms with E-state index in [0.29, 0.717) is 22.7 Å². The van der Waals surface area contributed by atoms with E-state index in [1.54, 1.807) is 62.6 Å². The van der Waals surface area contributed by atoms with Gasteiger partial charge in [0.05, 0.1) is 18.4 Å². The Bertz CT molecular complexity index is 1160. The summed E-state index contributed by atoms with van der Waals surface area (Å²) in [5.74, 6) is 0.416. The van der Waals surface area contributed by atoms with Crippen molar-refractivity contribution in [3.63, 3.8) is 0 Å². The molecule has 0 heterocycles. The topological polar surface area (TPSA) is 84.5 Å². The van der Waals surface area contributed by atoms with Gasteiger partial charge in [-0.1, -0.05) is 34.1 Å². The van der Waals surface area contributed by atoms with Crippen molar-refractivity contribution in [2.75, 3.05) is 17.1 Å². The molecule has 1 amide bonds. The Labute approximate surface area is 184 Å². The molecule has 0 saturated heterocycles. The predicted octanol–water partition coefficient (Wildman–Crippen LogP) is 4.75. The Kier molecular flexibility index (Phi) is 6.79. The Morgan fingerprint density at radius 2 is 1.70 bits per heavy atom. The zero-order valence-electron chi connectivity index (χ0n) is 16.5. The van der Waals surface area contributed by atoms with Crippen LogP contribution in [0.1, 0.15) is 11.1 Å². The summed E-state index contributed by atoms with van der Waals surface area (Å²) in [5.41, 5.74) is 2.23. The number of amides is 1. The smallest absolute Gasteiger partial charge is 0.262 e. The fraction of sp³-hybridized carbons (Fsp3) is 0.136. The van der Waals surface area contributed by atoms with Crippen LogP contribution in [-0.2, 0) is 21.2 Å². The second kappa shape index (κ2) is 9.32. The van der Waals surface area contributed by atoms with E-state index >= 15 is 0 Å². The van der Waals surface area contributed by atoms with Gasteiger partial charge < -0.3 is 10.1 Å². The Morgan fingerprint density at radius 1 is 1.00 bits per heavy atom. The molecular formula is C22H21BrN2O4S. The first-order valence-corrected chi connectivity index (χ1v) is 11.4. The highest BCUT2D eigenvalue weighted by atomic mass is 79.9. The molecule has 0 unspecified atom stereocenters. The summed E-state index contributed by atoms with van der Waals surface area (Å²) in [4.78, 5) is 12.5. The predicted molar refractivity (Wildman–Crippen MR) is 121 cm³/mol. The van der Waals surface area contributed by atoms with E-state index < -0.39 is 10.0 Å².